The van der Waals surface area contributed by atoms with Crippen LogP contribution in [0.15, 0.2) is 36.5 Å². The number of unbranched alkanes of at least 4 members (excludes halogenated alkanes) is 1. The van der Waals surface area contributed by atoms with E-state index < -0.39 is 0 Å². The summed E-state index contributed by atoms with van der Waals surface area (Å²) in [4.78, 5) is 7.78. The third kappa shape index (κ3) is 3.70. The Kier molecular flexibility index (Phi) is 4.53. The van der Waals surface area contributed by atoms with Crippen LogP contribution in [0.2, 0.25) is 5.28 Å². The number of hydrogen-bond acceptors (Lipinski definition) is 3. The van der Waals surface area contributed by atoms with E-state index in [1.165, 1.54) is 18.4 Å². The number of rotatable bonds is 5. The predicted octanol–water partition coefficient (Wildman–Crippen LogP) is 4.26. The van der Waals surface area contributed by atoms with E-state index in [-0.39, 0.29) is 5.28 Å². The second kappa shape index (κ2) is 6.36. The number of halogens is 1. The van der Waals surface area contributed by atoms with Crippen LogP contribution in [0.5, 0.6) is 11.6 Å². The van der Waals surface area contributed by atoms with Crippen molar-refractivity contribution in [2.75, 3.05) is 0 Å². The molecule has 2 aromatic rings. The highest BCUT2D eigenvalue weighted by atomic mass is 35.5. The Hall–Kier alpha value is -1.61. The maximum Gasteiger partial charge on any atom is 0.225 e. The van der Waals surface area contributed by atoms with E-state index in [2.05, 4.69) is 29.0 Å². The van der Waals surface area contributed by atoms with Crippen molar-refractivity contribution in [3.63, 3.8) is 0 Å². The van der Waals surface area contributed by atoms with E-state index in [9.17, 15) is 0 Å². The number of benzene rings is 1. The molecule has 1 aromatic carbocycles. The first-order valence-electron chi connectivity index (χ1n) is 6.03. The highest BCUT2D eigenvalue weighted by Gasteiger charge is 2.00. The second-order valence-corrected chi connectivity index (χ2v) is 4.35. The summed E-state index contributed by atoms with van der Waals surface area (Å²) in [5.41, 5.74) is 1.32. The Bertz CT molecular complexity index is 499. The summed E-state index contributed by atoms with van der Waals surface area (Å²) in [7, 11) is 0. The third-order valence-corrected chi connectivity index (χ3v) is 2.75. The summed E-state index contributed by atoms with van der Waals surface area (Å²) in [6.45, 7) is 2.19. The monoisotopic (exact) mass is 262 g/mol. The van der Waals surface area contributed by atoms with Gasteiger partial charge in [0.1, 0.15) is 5.75 Å². The highest BCUT2D eigenvalue weighted by molar-refractivity contribution is 6.28. The van der Waals surface area contributed by atoms with Crippen LogP contribution in [0, 0.1) is 0 Å². The molecule has 0 unspecified atom stereocenters. The lowest BCUT2D eigenvalue weighted by molar-refractivity contribution is 0.461. The van der Waals surface area contributed by atoms with Gasteiger partial charge < -0.3 is 4.74 Å². The Morgan fingerprint density at radius 1 is 1.17 bits per heavy atom. The Labute approximate surface area is 112 Å². The van der Waals surface area contributed by atoms with Crippen molar-refractivity contribution >= 4 is 11.6 Å². The fourth-order valence-electron chi connectivity index (χ4n) is 1.60. The van der Waals surface area contributed by atoms with Crippen LogP contribution in [0.1, 0.15) is 25.3 Å². The minimum Gasteiger partial charge on any atom is -0.439 e. The number of aromatic nitrogens is 2. The molecule has 1 heterocycles. The van der Waals surface area contributed by atoms with Crippen LogP contribution >= 0.6 is 11.6 Å². The van der Waals surface area contributed by atoms with Crippen LogP contribution in [-0.2, 0) is 6.42 Å². The van der Waals surface area contributed by atoms with Crippen molar-refractivity contribution in [2.45, 2.75) is 26.2 Å². The van der Waals surface area contributed by atoms with Gasteiger partial charge in [0.15, 0.2) is 0 Å². The van der Waals surface area contributed by atoms with Gasteiger partial charge in [-0.05, 0) is 42.1 Å². The van der Waals surface area contributed by atoms with Crippen molar-refractivity contribution in [3.05, 3.63) is 47.4 Å². The fraction of sp³-hybridized carbons (Fsp3) is 0.286. The average molecular weight is 263 g/mol. The molecule has 0 spiro atoms. The molecule has 4 heteroatoms. The standard InChI is InChI=1S/C14H15ClN2O/c1-2-3-4-11-5-7-12(8-6-11)18-13-9-10-16-14(15)17-13/h5-10H,2-4H2,1H3. The molecule has 0 N–H and O–H groups in total. The average Bonchev–Trinajstić information content (AvgIpc) is 2.38. The molecule has 0 aliphatic carbocycles. The first-order chi connectivity index (χ1) is 8.78. The van der Waals surface area contributed by atoms with E-state index in [4.69, 9.17) is 16.3 Å². The first-order valence-corrected chi connectivity index (χ1v) is 6.41. The zero-order chi connectivity index (χ0) is 12.8. The van der Waals surface area contributed by atoms with Crippen molar-refractivity contribution < 1.29 is 4.74 Å². The molecule has 2 rings (SSSR count). The zero-order valence-corrected chi connectivity index (χ0v) is 11.0. The topological polar surface area (TPSA) is 35.0 Å². The molecule has 3 nitrogen and oxygen atoms in total. The van der Waals surface area contributed by atoms with Crippen LogP contribution in [0.3, 0.4) is 0 Å². The predicted molar refractivity (Wildman–Crippen MR) is 72.2 cm³/mol. The molecular formula is C14H15ClN2O. The third-order valence-electron chi connectivity index (χ3n) is 2.57. The molecule has 0 saturated carbocycles. The maximum atomic E-state index is 5.69. The largest absolute Gasteiger partial charge is 0.439 e. The van der Waals surface area contributed by atoms with Gasteiger partial charge in [0, 0.05) is 12.3 Å². The molecule has 1 aromatic heterocycles. The Balaban J connectivity index is 2.02. The van der Waals surface area contributed by atoms with Crippen molar-refractivity contribution in [2.24, 2.45) is 0 Å². The minimum atomic E-state index is 0.187. The molecule has 0 amide bonds. The summed E-state index contributed by atoms with van der Waals surface area (Å²) in [5, 5.41) is 0.187. The maximum absolute atomic E-state index is 5.69. The van der Waals surface area contributed by atoms with Gasteiger partial charge in [0.05, 0.1) is 0 Å². The van der Waals surface area contributed by atoms with Gasteiger partial charge in [-0.2, -0.15) is 4.98 Å². The zero-order valence-electron chi connectivity index (χ0n) is 10.3. The van der Waals surface area contributed by atoms with Gasteiger partial charge in [-0.1, -0.05) is 25.5 Å². The summed E-state index contributed by atoms with van der Waals surface area (Å²) >= 11 is 5.69. The van der Waals surface area contributed by atoms with Gasteiger partial charge in [-0.15, -0.1) is 0 Å². The molecular weight excluding hydrogens is 248 g/mol. The van der Waals surface area contributed by atoms with Gasteiger partial charge in [-0.3, -0.25) is 0 Å². The van der Waals surface area contributed by atoms with Gasteiger partial charge in [-0.25, -0.2) is 4.98 Å². The summed E-state index contributed by atoms with van der Waals surface area (Å²) in [5.74, 6) is 1.21. The van der Waals surface area contributed by atoms with E-state index in [1.54, 1.807) is 12.3 Å². The van der Waals surface area contributed by atoms with Crippen LogP contribution in [-0.4, -0.2) is 9.97 Å². The van der Waals surface area contributed by atoms with E-state index in [0.717, 1.165) is 12.2 Å². The van der Waals surface area contributed by atoms with Crippen molar-refractivity contribution in [1.29, 1.82) is 0 Å². The molecule has 94 valence electrons. The van der Waals surface area contributed by atoms with Crippen molar-refractivity contribution in [1.82, 2.24) is 9.97 Å². The van der Waals surface area contributed by atoms with Crippen LogP contribution < -0.4 is 4.74 Å². The molecule has 0 atom stereocenters. The smallest absolute Gasteiger partial charge is 0.225 e. The molecule has 0 fully saturated rings. The summed E-state index contributed by atoms with van der Waals surface area (Å²) in [6.07, 6.45) is 5.09. The second-order valence-electron chi connectivity index (χ2n) is 4.01. The normalized spacial score (nSPS) is 10.3. The lowest BCUT2D eigenvalue weighted by Crippen LogP contribution is -1.90. The van der Waals surface area contributed by atoms with Gasteiger partial charge in [0.25, 0.3) is 0 Å². The van der Waals surface area contributed by atoms with Crippen LogP contribution in [0.25, 0.3) is 0 Å². The molecule has 0 bridgehead atoms. The number of nitrogens with zero attached hydrogens (tertiary/aromatic N) is 2. The Morgan fingerprint density at radius 2 is 1.94 bits per heavy atom. The van der Waals surface area contributed by atoms with E-state index >= 15 is 0 Å². The first kappa shape index (κ1) is 12.8. The van der Waals surface area contributed by atoms with E-state index in [0.29, 0.717) is 5.88 Å². The minimum absolute atomic E-state index is 0.187. The summed E-state index contributed by atoms with van der Waals surface area (Å²) < 4.78 is 5.58. The lowest BCUT2D eigenvalue weighted by atomic mass is 10.1. The molecule has 18 heavy (non-hydrogen) atoms. The molecule has 0 aliphatic heterocycles. The van der Waals surface area contributed by atoms with Crippen molar-refractivity contribution in [3.8, 4) is 11.6 Å². The summed E-state index contributed by atoms with van der Waals surface area (Å²) in [6, 6.07) is 9.72. The van der Waals surface area contributed by atoms with Gasteiger partial charge in [0.2, 0.25) is 11.2 Å². The quantitative estimate of drug-likeness (QED) is 0.755. The number of hydrogen-bond donors (Lipinski definition) is 0. The highest BCUT2D eigenvalue weighted by Crippen LogP contribution is 2.20. The molecule has 0 aliphatic rings. The Morgan fingerprint density at radius 3 is 2.61 bits per heavy atom. The van der Waals surface area contributed by atoms with Gasteiger partial charge >= 0.3 is 0 Å². The fourth-order valence-corrected chi connectivity index (χ4v) is 1.74. The molecule has 0 radical (unpaired) electrons. The number of aryl methyl sites for hydroxylation is 1. The lowest BCUT2D eigenvalue weighted by Gasteiger charge is -2.05. The SMILES string of the molecule is CCCCc1ccc(Oc2ccnc(Cl)n2)cc1. The molecule has 0 saturated heterocycles. The van der Waals surface area contributed by atoms with Crippen LogP contribution in [0.4, 0.5) is 0 Å². The van der Waals surface area contributed by atoms with E-state index in [1.807, 2.05) is 12.1 Å². The number of ether oxygens (including phenoxy) is 1.